The fourth-order valence-corrected chi connectivity index (χ4v) is 4.61. The summed E-state index contributed by atoms with van der Waals surface area (Å²) in [7, 11) is -0.683. The van der Waals surface area contributed by atoms with Crippen molar-refractivity contribution < 1.29 is 22.7 Å². The van der Waals surface area contributed by atoms with Crippen molar-refractivity contribution in [1.29, 1.82) is 0 Å². The number of rotatable bonds is 6. The highest BCUT2D eigenvalue weighted by Crippen LogP contribution is 2.41. The van der Waals surface area contributed by atoms with Crippen molar-refractivity contribution in [3.8, 4) is 11.5 Å². The molecule has 2 aromatic carbocycles. The molecular formula is C21H26N2O5S. The SMILES string of the molecule is COc1ccc(OC)c(CNS(=O)(=O)c2ccc3c(c2)C(C)(C)CN3C(C)=O)c1. The Labute approximate surface area is 171 Å². The third-order valence-corrected chi connectivity index (χ3v) is 6.57. The van der Waals surface area contributed by atoms with Gasteiger partial charge in [-0.2, -0.15) is 0 Å². The van der Waals surface area contributed by atoms with Gasteiger partial charge in [0.05, 0.1) is 19.1 Å². The molecule has 1 heterocycles. The minimum Gasteiger partial charge on any atom is -0.497 e. The van der Waals surface area contributed by atoms with Gasteiger partial charge in [-0.3, -0.25) is 4.79 Å². The molecule has 2 aromatic rings. The lowest BCUT2D eigenvalue weighted by Crippen LogP contribution is -2.31. The molecule has 0 aromatic heterocycles. The van der Waals surface area contributed by atoms with E-state index >= 15 is 0 Å². The van der Waals surface area contributed by atoms with E-state index in [0.29, 0.717) is 23.6 Å². The number of hydrogen-bond acceptors (Lipinski definition) is 5. The lowest BCUT2D eigenvalue weighted by atomic mass is 9.87. The molecule has 0 atom stereocenters. The van der Waals surface area contributed by atoms with Crippen LogP contribution >= 0.6 is 0 Å². The Bertz CT molecular complexity index is 1050. The molecule has 7 nitrogen and oxygen atoms in total. The van der Waals surface area contributed by atoms with Crippen molar-refractivity contribution in [2.45, 2.75) is 37.6 Å². The molecule has 0 saturated carbocycles. The summed E-state index contributed by atoms with van der Waals surface area (Å²) in [6, 6.07) is 10.1. The first-order chi connectivity index (χ1) is 13.6. The van der Waals surface area contributed by atoms with E-state index in [4.69, 9.17) is 9.47 Å². The standard InChI is InChI=1S/C21H26N2O5S/c1-14(24)23-13-21(2,3)18-11-17(7-8-19(18)23)29(25,26)22-12-15-10-16(27-4)6-9-20(15)28-5/h6-11,22H,12-13H2,1-5H3. The number of benzene rings is 2. The number of anilines is 1. The van der Waals surface area contributed by atoms with Gasteiger partial charge in [0.2, 0.25) is 15.9 Å². The summed E-state index contributed by atoms with van der Waals surface area (Å²) in [6.45, 7) is 6.09. The highest BCUT2D eigenvalue weighted by Gasteiger charge is 2.37. The van der Waals surface area contributed by atoms with Gasteiger partial charge in [0, 0.05) is 36.7 Å². The van der Waals surface area contributed by atoms with Crippen molar-refractivity contribution >= 4 is 21.6 Å². The fourth-order valence-electron chi connectivity index (χ4n) is 3.58. The van der Waals surface area contributed by atoms with Gasteiger partial charge in [0.1, 0.15) is 11.5 Å². The smallest absolute Gasteiger partial charge is 0.240 e. The van der Waals surface area contributed by atoms with Gasteiger partial charge in [-0.25, -0.2) is 13.1 Å². The van der Waals surface area contributed by atoms with E-state index in [2.05, 4.69) is 4.72 Å². The summed E-state index contributed by atoms with van der Waals surface area (Å²) in [5.41, 5.74) is 1.94. The van der Waals surface area contributed by atoms with Gasteiger partial charge in [-0.15, -0.1) is 0 Å². The van der Waals surface area contributed by atoms with Crippen molar-refractivity contribution in [2.24, 2.45) is 0 Å². The summed E-state index contributed by atoms with van der Waals surface area (Å²) in [6.07, 6.45) is 0. The first-order valence-corrected chi connectivity index (χ1v) is 10.7. The van der Waals surface area contributed by atoms with Gasteiger partial charge in [-0.05, 0) is 42.0 Å². The molecule has 8 heteroatoms. The Morgan fingerprint density at radius 3 is 2.48 bits per heavy atom. The molecule has 1 amide bonds. The third-order valence-electron chi connectivity index (χ3n) is 5.17. The molecule has 0 saturated heterocycles. The van der Waals surface area contributed by atoms with E-state index in [-0.39, 0.29) is 22.8 Å². The molecule has 0 spiro atoms. The quantitative estimate of drug-likeness (QED) is 0.780. The van der Waals surface area contributed by atoms with Crippen LogP contribution in [0.5, 0.6) is 11.5 Å². The maximum atomic E-state index is 12.9. The number of fused-ring (bicyclic) bond motifs is 1. The zero-order valence-corrected chi connectivity index (χ0v) is 18.1. The minimum absolute atomic E-state index is 0.0583. The van der Waals surface area contributed by atoms with Crippen LogP contribution < -0.4 is 19.1 Å². The Balaban J connectivity index is 1.89. The summed E-state index contributed by atoms with van der Waals surface area (Å²) in [5, 5.41) is 0. The number of carbonyl (C=O) groups is 1. The van der Waals surface area contributed by atoms with Crippen molar-refractivity contribution in [3.05, 3.63) is 47.5 Å². The second-order valence-electron chi connectivity index (χ2n) is 7.67. The lowest BCUT2D eigenvalue weighted by Gasteiger charge is -2.19. The first-order valence-electron chi connectivity index (χ1n) is 9.22. The van der Waals surface area contributed by atoms with E-state index in [9.17, 15) is 13.2 Å². The molecule has 0 aliphatic carbocycles. The van der Waals surface area contributed by atoms with Crippen LogP contribution in [0.1, 0.15) is 31.9 Å². The van der Waals surface area contributed by atoms with Crippen LogP contribution in [0.4, 0.5) is 5.69 Å². The number of methoxy groups -OCH3 is 2. The van der Waals surface area contributed by atoms with E-state index in [1.165, 1.54) is 20.1 Å². The van der Waals surface area contributed by atoms with Gasteiger partial charge < -0.3 is 14.4 Å². The van der Waals surface area contributed by atoms with Gasteiger partial charge >= 0.3 is 0 Å². The molecule has 0 bridgehead atoms. The van der Waals surface area contributed by atoms with Gasteiger partial charge in [0.15, 0.2) is 0 Å². The highest BCUT2D eigenvalue weighted by molar-refractivity contribution is 7.89. The Morgan fingerprint density at radius 2 is 1.86 bits per heavy atom. The number of carbonyl (C=O) groups excluding carboxylic acids is 1. The minimum atomic E-state index is -3.76. The second-order valence-corrected chi connectivity index (χ2v) is 9.44. The van der Waals surface area contributed by atoms with Gasteiger partial charge in [0.25, 0.3) is 0 Å². The Hall–Kier alpha value is -2.58. The molecule has 1 aliphatic heterocycles. The van der Waals surface area contributed by atoms with Crippen LogP contribution in [0.3, 0.4) is 0 Å². The second kappa shape index (κ2) is 7.68. The molecule has 29 heavy (non-hydrogen) atoms. The van der Waals surface area contributed by atoms with Crippen LogP contribution in [0, 0.1) is 0 Å². The van der Waals surface area contributed by atoms with Crippen LogP contribution in [-0.2, 0) is 26.8 Å². The van der Waals surface area contributed by atoms with Crippen LogP contribution in [-0.4, -0.2) is 35.1 Å². The topological polar surface area (TPSA) is 84.9 Å². The van der Waals surface area contributed by atoms with Crippen LogP contribution in [0.25, 0.3) is 0 Å². The van der Waals surface area contributed by atoms with E-state index < -0.39 is 10.0 Å². The molecule has 3 rings (SSSR count). The van der Waals surface area contributed by atoms with Crippen LogP contribution in [0.2, 0.25) is 0 Å². The average molecular weight is 419 g/mol. The molecular weight excluding hydrogens is 392 g/mol. The summed E-state index contributed by atoms with van der Waals surface area (Å²) < 4.78 is 39.0. The lowest BCUT2D eigenvalue weighted by molar-refractivity contribution is -0.116. The van der Waals surface area contributed by atoms with Crippen molar-refractivity contribution in [3.63, 3.8) is 0 Å². The van der Waals surface area contributed by atoms with Crippen molar-refractivity contribution in [1.82, 2.24) is 4.72 Å². The number of sulfonamides is 1. The van der Waals surface area contributed by atoms with E-state index in [1.807, 2.05) is 13.8 Å². The number of ether oxygens (including phenoxy) is 2. The summed E-state index contributed by atoms with van der Waals surface area (Å²) in [5.74, 6) is 1.12. The maximum absolute atomic E-state index is 12.9. The number of hydrogen-bond donors (Lipinski definition) is 1. The summed E-state index contributed by atoms with van der Waals surface area (Å²) in [4.78, 5) is 13.8. The highest BCUT2D eigenvalue weighted by atomic mass is 32.2. The molecule has 1 N–H and O–H groups in total. The predicted molar refractivity (Wildman–Crippen MR) is 111 cm³/mol. The molecule has 0 fully saturated rings. The third kappa shape index (κ3) is 4.09. The average Bonchev–Trinajstić information content (AvgIpc) is 2.97. The number of amides is 1. The Morgan fingerprint density at radius 1 is 1.14 bits per heavy atom. The maximum Gasteiger partial charge on any atom is 0.240 e. The van der Waals surface area contributed by atoms with E-state index in [1.54, 1.807) is 42.3 Å². The molecule has 0 unspecified atom stereocenters. The first kappa shape index (κ1) is 21.1. The zero-order valence-electron chi connectivity index (χ0n) is 17.3. The van der Waals surface area contributed by atoms with E-state index in [0.717, 1.165) is 11.3 Å². The number of nitrogens with zero attached hydrogens (tertiary/aromatic N) is 1. The predicted octanol–water partition coefficient (Wildman–Crippen LogP) is 2.83. The molecule has 0 radical (unpaired) electrons. The largest absolute Gasteiger partial charge is 0.497 e. The monoisotopic (exact) mass is 418 g/mol. The fraction of sp³-hybridized carbons (Fsp3) is 0.381. The Kier molecular flexibility index (Phi) is 5.60. The zero-order chi connectivity index (χ0) is 21.4. The van der Waals surface area contributed by atoms with Crippen LogP contribution in [0.15, 0.2) is 41.3 Å². The number of nitrogens with one attached hydrogen (secondary N) is 1. The molecule has 156 valence electrons. The molecule has 1 aliphatic rings. The summed E-state index contributed by atoms with van der Waals surface area (Å²) >= 11 is 0. The normalized spacial score (nSPS) is 15.1. The van der Waals surface area contributed by atoms with Crippen molar-refractivity contribution in [2.75, 3.05) is 25.7 Å². The van der Waals surface area contributed by atoms with Gasteiger partial charge in [-0.1, -0.05) is 13.8 Å².